The maximum Gasteiger partial charge on any atom is 0.356 e. The van der Waals surface area contributed by atoms with Crippen LogP contribution in [0.2, 0.25) is 0 Å². The molecule has 1 fully saturated rings. The summed E-state index contributed by atoms with van der Waals surface area (Å²) in [6.07, 6.45) is 4.27. The van der Waals surface area contributed by atoms with Crippen molar-refractivity contribution in [3.05, 3.63) is 29.6 Å². The standard InChI is InChI=1S/C17H25N5O3/c1-2-5-22-14-4-3-12(10-13(14)16(19-22)17(24)25)21-8-6-20(7-9-21)11-15(18)23/h2,12H,1,3-11H2,(H2,18,23)(H,24,25). The summed E-state index contributed by atoms with van der Waals surface area (Å²) >= 11 is 0. The summed E-state index contributed by atoms with van der Waals surface area (Å²) in [5.74, 6) is -1.26. The molecule has 0 spiro atoms. The van der Waals surface area contributed by atoms with Crippen LogP contribution in [0.4, 0.5) is 0 Å². The lowest BCUT2D eigenvalue weighted by Crippen LogP contribution is -2.53. The molecule has 1 aliphatic carbocycles. The number of carbonyl (C=O) groups excluding carboxylic acids is 1. The molecule has 1 unspecified atom stereocenters. The van der Waals surface area contributed by atoms with Crippen LogP contribution in [-0.2, 0) is 24.2 Å². The minimum absolute atomic E-state index is 0.175. The van der Waals surface area contributed by atoms with Crippen LogP contribution < -0.4 is 5.73 Å². The predicted octanol–water partition coefficient (Wildman–Crippen LogP) is -0.272. The summed E-state index contributed by atoms with van der Waals surface area (Å²) in [4.78, 5) is 27.1. The molecule has 1 aliphatic heterocycles. The summed E-state index contributed by atoms with van der Waals surface area (Å²) in [7, 11) is 0. The lowest BCUT2D eigenvalue weighted by Gasteiger charge is -2.40. The molecule has 2 aliphatic rings. The zero-order valence-electron chi connectivity index (χ0n) is 14.4. The van der Waals surface area contributed by atoms with Gasteiger partial charge in [0.05, 0.1) is 13.1 Å². The molecule has 0 bridgehead atoms. The molecule has 8 heteroatoms. The van der Waals surface area contributed by atoms with Crippen LogP contribution in [-0.4, -0.2) is 75.3 Å². The number of hydrogen-bond donors (Lipinski definition) is 2. The average molecular weight is 347 g/mol. The Labute approximate surface area is 146 Å². The van der Waals surface area contributed by atoms with Crippen molar-refractivity contribution in [2.24, 2.45) is 5.73 Å². The minimum Gasteiger partial charge on any atom is -0.476 e. The molecule has 1 saturated heterocycles. The van der Waals surface area contributed by atoms with E-state index in [0.717, 1.165) is 50.3 Å². The van der Waals surface area contributed by atoms with Crippen molar-refractivity contribution in [3.63, 3.8) is 0 Å². The van der Waals surface area contributed by atoms with Crippen molar-refractivity contribution in [2.45, 2.75) is 31.8 Å². The van der Waals surface area contributed by atoms with Crippen molar-refractivity contribution >= 4 is 11.9 Å². The van der Waals surface area contributed by atoms with E-state index < -0.39 is 5.97 Å². The number of allylic oxidation sites excluding steroid dienone is 1. The van der Waals surface area contributed by atoms with E-state index in [1.54, 1.807) is 10.8 Å². The Balaban J connectivity index is 1.70. The van der Waals surface area contributed by atoms with Crippen LogP contribution in [0.5, 0.6) is 0 Å². The molecule has 0 aromatic carbocycles. The Morgan fingerprint density at radius 2 is 2.04 bits per heavy atom. The first kappa shape index (κ1) is 17.6. The van der Waals surface area contributed by atoms with Gasteiger partial charge in [0.1, 0.15) is 0 Å². The number of piperazine rings is 1. The fourth-order valence-electron chi connectivity index (χ4n) is 3.93. The summed E-state index contributed by atoms with van der Waals surface area (Å²) in [6, 6.07) is 0.322. The molecule has 25 heavy (non-hydrogen) atoms. The van der Waals surface area contributed by atoms with E-state index in [9.17, 15) is 14.7 Å². The highest BCUT2D eigenvalue weighted by Crippen LogP contribution is 2.28. The topological polar surface area (TPSA) is 105 Å². The van der Waals surface area contributed by atoms with Crippen molar-refractivity contribution in [1.29, 1.82) is 0 Å². The molecule has 136 valence electrons. The van der Waals surface area contributed by atoms with Gasteiger partial charge < -0.3 is 10.8 Å². The predicted molar refractivity (Wildman–Crippen MR) is 92.4 cm³/mol. The van der Waals surface area contributed by atoms with Gasteiger partial charge in [0.25, 0.3) is 0 Å². The number of aromatic carboxylic acids is 1. The summed E-state index contributed by atoms with van der Waals surface area (Å²) in [5.41, 5.74) is 7.33. The van der Waals surface area contributed by atoms with Gasteiger partial charge in [0.2, 0.25) is 5.91 Å². The smallest absolute Gasteiger partial charge is 0.356 e. The van der Waals surface area contributed by atoms with E-state index in [2.05, 4.69) is 21.5 Å². The number of amides is 1. The number of hydrogen-bond acceptors (Lipinski definition) is 5. The van der Waals surface area contributed by atoms with Crippen molar-refractivity contribution in [2.75, 3.05) is 32.7 Å². The Hall–Kier alpha value is -2.19. The number of carbonyl (C=O) groups is 2. The lowest BCUT2D eigenvalue weighted by molar-refractivity contribution is -0.119. The van der Waals surface area contributed by atoms with E-state index in [0.29, 0.717) is 25.6 Å². The molecular formula is C17H25N5O3. The Morgan fingerprint density at radius 3 is 2.64 bits per heavy atom. The van der Waals surface area contributed by atoms with Gasteiger partial charge in [0, 0.05) is 43.5 Å². The maximum atomic E-state index is 11.6. The second-order valence-corrected chi connectivity index (χ2v) is 6.72. The summed E-state index contributed by atoms with van der Waals surface area (Å²) in [6.45, 7) is 7.93. The first-order valence-corrected chi connectivity index (χ1v) is 8.67. The molecule has 2 heterocycles. The number of primary amides is 1. The van der Waals surface area contributed by atoms with Gasteiger partial charge in [-0.1, -0.05) is 6.08 Å². The first-order valence-electron chi connectivity index (χ1n) is 8.67. The Morgan fingerprint density at radius 1 is 1.32 bits per heavy atom. The van der Waals surface area contributed by atoms with Gasteiger partial charge in [-0.25, -0.2) is 4.79 Å². The molecule has 1 aromatic heterocycles. The Kier molecular flexibility index (Phi) is 5.19. The van der Waals surface area contributed by atoms with Crippen LogP contribution in [0.1, 0.15) is 28.2 Å². The van der Waals surface area contributed by atoms with E-state index in [-0.39, 0.29) is 11.6 Å². The molecule has 0 saturated carbocycles. The van der Waals surface area contributed by atoms with Crippen molar-refractivity contribution in [3.8, 4) is 0 Å². The lowest BCUT2D eigenvalue weighted by atomic mass is 9.90. The fourth-order valence-corrected chi connectivity index (χ4v) is 3.93. The number of carboxylic acid groups (broad SMARTS) is 1. The molecule has 1 amide bonds. The van der Waals surface area contributed by atoms with E-state index in [1.165, 1.54) is 0 Å². The third-order valence-electron chi connectivity index (χ3n) is 5.13. The largest absolute Gasteiger partial charge is 0.476 e. The van der Waals surface area contributed by atoms with Crippen molar-refractivity contribution < 1.29 is 14.7 Å². The van der Waals surface area contributed by atoms with Crippen LogP contribution >= 0.6 is 0 Å². The number of rotatable bonds is 6. The molecule has 8 nitrogen and oxygen atoms in total. The molecule has 1 aromatic rings. The molecule has 1 atom stereocenters. The summed E-state index contributed by atoms with van der Waals surface area (Å²) in [5, 5.41) is 13.7. The van der Waals surface area contributed by atoms with E-state index in [4.69, 9.17) is 5.73 Å². The highest BCUT2D eigenvalue weighted by Gasteiger charge is 2.32. The molecule has 3 rings (SSSR count). The quantitative estimate of drug-likeness (QED) is 0.686. The highest BCUT2D eigenvalue weighted by atomic mass is 16.4. The fraction of sp³-hybridized carbons (Fsp3) is 0.588. The first-order chi connectivity index (χ1) is 12.0. The van der Waals surface area contributed by atoms with Crippen LogP contribution in [0, 0.1) is 0 Å². The van der Waals surface area contributed by atoms with Gasteiger partial charge in [-0.05, 0) is 19.3 Å². The monoisotopic (exact) mass is 347 g/mol. The summed E-state index contributed by atoms with van der Waals surface area (Å²) < 4.78 is 1.77. The van der Waals surface area contributed by atoms with Crippen LogP contribution in [0.3, 0.4) is 0 Å². The third-order valence-corrected chi connectivity index (χ3v) is 5.13. The third kappa shape index (κ3) is 3.74. The number of carboxylic acids is 1. The zero-order valence-corrected chi connectivity index (χ0v) is 14.4. The number of nitrogens with two attached hydrogens (primary N) is 1. The van der Waals surface area contributed by atoms with Crippen LogP contribution in [0.15, 0.2) is 12.7 Å². The van der Waals surface area contributed by atoms with Gasteiger partial charge in [0.15, 0.2) is 5.69 Å². The SMILES string of the molecule is C=CCn1nc(C(=O)O)c2c1CCC(N1CCN(CC(N)=O)CC1)C2. The average Bonchev–Trinajstić information content (AvgIpc) is 2.94. The number of nitrogens with zero attached hydrogens (tertiary/aromatic N) is 4. The van der Waals surface area contributed by atoms with E-state index in [1.807, 2.05) is 0 Å². The maximum absolute atomic E-state index is 11.6. The molecule has 3 N–H and O–H groups in total. The zero-order chi connectivity index (χ0) is 18.0. The van der Waals surface area contributed by atoms with Crippen molar-refractivity contribution in [1.82, 2.24) is 19.6 Å². The molecular weight excluding hydrogens is 322 g/mol. The van der Waals surface area contributed by atoms with E-state index >= 15 is 0 Å². The molecule has 0 radical (unpaired) electrons. The second kappa shape index (κ2) is 7.37. The van der Waals surface area contributed by atoms with Gasteiger partial charge in [-0.2, -0.15) is 5.10 Å². The normalized spacial score (nSPS) is 21.7. The van der Waals surface area contributed by atoms with Crippen LogP contribution in [0.25, 0.3) is 0 Å². The Bertz CT molecular complexity index is 676. The number of fused-ring (bicyclic) bond motifs is 1. The second-order valence-electron chi connectivity index (χ2n) is 6.72. The minimum atomic E-state index is -0.967. The number of aromatic nitrogens is 2. The highest BCUT2D eigenvalue weighted by molar-refractivity contribution is 5.87. The van der Waals surface area contributed by atoms with Gasteiger partial charge >= 0.3 is 5.97 Å². The van der Waals surface area contributed by atoms with Gasteiger partial charge in [-0.15, -0.1) is 6.58 Å². The van der Waals surface area contributed by atoms with Gasteiger partial charge in [-0.3, -0.25) is 19.3 Å².